The summed E-state index contributed by atoms with van der Waals surface area (Å²) in [6.07, 6.45) is 5.47. The van der Waals surface area contributed by atoms with Crippen LogP contribution in [-0.2, 0) is 0 Å². The summed E-state index contributed by atoms with van der Waals surface area (Å²) >= 11 is 0. The van der Waals surface area contributed by atoms with Crippen molar-refractivity contribution >= 4 is 23.1 Å². The molecule has 0 amide bonds. The van der Waals surface area contributed by atoms with Crippen molar-refractivity contribution in [1.29, 1.82) is 0 Å². The average molecular weight is 366 g/mol. The van der Waals surface area contributed by atoms with Gasteiger partial charge in [-0.15, -0.1) is 0 Å². The maximum Gasteiger partial charge on any atom is 0.306 e. The van der Waals surface area contributed by atoms with Crippen LogP contribution < -0.4 is 10.6 Å². The molecular formula is C18H15FN6O2. The molecule has 0 bridgehead atoms. The van der Waals surface area contributed by atoms with E-state index in [1.165, 1.54) is 6.07 Å². The number of benzene rings is 1. The van der Waals surface area contributed by atoms with E-state index in [9.17, 15) is 14.5 Å². The van der Waals surface area contributed by atoms with E-state index < -0.39 is 16.4 Å². The maximum absolute atomic E-state index is 13.5. The van der Waals surface area contributed by atoms with Crippen molar-refractivity contribution in [2.75, 3.05) is 10.6 Å². The highest BCUT2D eigenvalue weighted by Crippen LogP contribution is 2.28. The van der Waals surface area contributed by atoms with E-state index in [2.05, 4.69) is 25.6 Å². The van der Waals surface area contributed by atoms with Gasteiger partial charge in [0.2, 0.25) is 11.8 Å². The molecule has 1 fully saturated rings. The van der Waals surface area contributed by atoms with E-state index in [-0.39, 0.29) is 0 Å². The number of aromatic nitrogens is 3. The Bertz CT molecular complexity index is 994. The Balaban J connectivity index is 1.69. The van der Waals surface area contributed by atoms with Gasteiger partial charge in [0.25, 0.3) is 0 Å². The number of nitrogens with zero attached hydrogens (tertiary/aromatic N) is 4. The van der Waals surface area contributed by atoms with Gasteiger partial charge in [0, 0.05) is 41.8 Å². The van der Waals surface area contributed by atoms with Crippen molar-refractivity contribution in [3.05, 3.63) is 64.7 Å². The third-order valence-corrected chi connectivity index (χ3v) is 4.03. The van der Waals surface area contributed by atoms with Gasteiger partial charge in [-0.25, -0.2) is 4.98 Å². The number of nitro benzene ring substituents is 1. The van der Waals surface area contributed by atoms with Crippen LogP contribution in [0.5, 0.6) is 0 Å². The minimum absolute atomic E-state index is 0.359. The normalized spacial score (nSPS) is 13.2. The molecule has 1 saturated carbocycles. The molecule has 2 N–H and O–H groups in total. The molecular weight excluding hydrogens is 351 g/mol. The molecule has 27 heavy (non-hydrogen) atoms. The number of halogens is 1. The lowest BCUT2D eigenvalue weighted by atomic mass is 10.2. The molecule has 9 heteroatoms. The van der Waals surface area contributed by atoms with Crippen LogP contribution in [0.15, 0.2) is 48.8 Å². The highest BCUT2D eigenvalue weighted by atomic mass is 19.1. The Morgan fingerprint density at radius 1 is 1.11 bits per heavy atom. The summed E-state index contributed by atoms with van der Waals surface area (Å²) in [6.45, 7) is 0. The first-order valence-corrected chi connectivity index (χ1v) is 8.35. The maximum atomic E-state index is 13.5. The lowest BCUT2D eigenvalue weighted by molar-refractivity contribution is -0.387. The summed E-state index contributed by atoms with van der Waals surface area (Å²) in [5, 5.41) is 17.2. The summed E-state index contributed by atoms with van der Waals surface area (Å²) in [6, 6.07) is 9.35. The van der Waals surface area contributed by atoms with Crippen LogP contribution in [0.1, 0.15) is 12.8 Å². The topological polar surface area (TPSA) is 106 Å². The quantitative estimate of drug-likeness (QED) is 0.503. The van der Waals surface area contributed by atoms with Gasteiger partial charge in [0.1, 0.15) is 5.82 Å². The van der Waals surface area contributed by atoms with Crippen molar-refractivity contribution in [3.8, 4) is 11.3 Å². The molecule has 8 nitrogen and oxygen atoms in total. The van der Waals surface area contributed by atoms with Crippen LogP contribution in [-0.4, -0.2) is 25.9 Å². The second-order valence-corrected chi connectivity index (χ2v) is 6.16. The molecule has 0 atom stereocenters. The number of rotatable bonds is 6. The molecule has 136 valence electrons. The van der Waals surface area contributed by atoms with Gasteiger partial charge in [0.05, 0.1) is 10.6 Å². The van der Waals surface area contributed by atoms with Crippen LogP contribution in [0.4, 0.5) is 27.5 Å². The van der Waals surface area contributed by atoms with E-state index >= 15 is 0 Å². The minimum Gasteiger partial charge on any atom is -0.351 e. The van der Waals surface area contributed by atoms with Gasteiger partial charge >= 0.3 is 5.69 Å². The Labute approximate surface area is 153 Å². The second-order valence-electron chi connectivity index (χ2n) is 6.16. The zero-order chi connectivity index (χ0) is 18.8. The predicted molar refractivity (Wildman–Crippen MR) is 98.2 cm³/mol. The molecule has 0 saturated heterocycles. The summed E-state index contributed by atoms with van der Waals surface area (Å²) < 4.78 is 13.5. The van der Waals surface area contributed by atoms with Gasteiger partial charge in [-0.05, 0) is 37.1 Å². The first-order chi connectivity index (χ1) is 13.1. The molecule has 3 aromatic rings. The summed E-state index contributed by atoms with van der Waals surface area (Å²) in [5.41, 5.74) is 1.30. The second kappa shape index (κ2) is 6.94. The Morgan fingerprint density at radius 2 is 1.89 bits per heavy atom. The molecule has 1 aromatic carbocycles. The van der Waals surface area contributed by atoms with Crippen LogP contribution >= 0.6 is 0 Å². The van der Waals surface area contributed by atoms with Crippen molar-refractivity contribution in [3.63, 3.8) is 0 Å². The van der Waals surface area contributed by atoms with Crippen LogP contribution in [0, 0.1) is 15.9 Å². The van der Waals surface area contributed by atoms with Crippen molar-refractivity contribution < 1.29 is 9.31 Å². The number of nitro groups is 1. The van der Waals surface area contributed by atoms with Gasteiger partial charge in [-0.1, -0.05) is 0 Å². The molecule has 0 unspecified atom stereocenters. The molecule has 1 aliphatic rings. The third kappa shape index (κ3) is 3.97. The van der Waals surface area contributed by atoms with E-state index in [1.807, 2.05) is 12.1 Å². The van der Waals surface area contributed by atoms with Crippen LogP contribution in [0.2, 0.25) is 0 Å². The molecule has 1 aliphatic carbocycles. The summed E-state index contributed by atoms with van der Waals surface area (Å²) in [7, 11) is 0. The molecule has 2 heterocycles. The fourth-order valence-electron chi connectivity index (χ4n) is 2.53. The van der Waals surface area contributed by atoms with Gasteiger partial charge in [-0.2, -0.15) is 9.37 Å². The van der Waals surface area contributed by atoms with Crippen LogP contribution in [0.25, 0.3) is 11.3 Å². The Kier molecular flexibility index (Phi) is 4.33. The SMILES string of the molecule is O=[N+]([O-])c1cc(Nc2cc(-c3ccncc3)nc(NC3CC3)n2)ccc1F. The number of nitrogens with one attached hydrogen (secondary N) is 2. The predicted octanol–water partition coefficient (Wildman–Crippen LogP) is 3.90. The van der Waals surface area contributed by atoms with Gasteiger partial charge in [-0.3, -0.25) is 15.1 Å². The lowest BCUT2D eigenvalue weighted by Crippen LogP contribution is -2.08. The zero-order valence-electron chi connectivity index (χ0n) is 14.1. The smallest absolute Gasteiger partial charge is 0.306 e. The van der Waals surface area contributed by atoms with Crippen LogP contribution in [0.3, 0.4) is 0 Å². The molecule has 4 rings (SSSR count). The molecule has 0 aliphatic heterocycles. The third-order valence-electron chi connectivity index (χ3n) is 4.03. The zero-order valence-corrected chi connectivity index (χ0v) is 14.1. The molecule has 2 aromatic heterocycles. The highest BCUT2D eigenvalue weighted by Gasteiger charge is 2.22. The minimum atomic E-state index is -0.887. The van der Waals surface area contributed by atoms with E-state index in [0.29, 0.717) is 29.2 Å². The first kappa shape index (κ1) is 16.8. The number of hydrogen-bond donors (Lipinski definition) is 2. The average Bonchev–Trinajstić information content (AvgIpc) is 3.47. The van der Waals surface area contributed by atoms with E-state index in [1.54, 1.807) is 18.5 Å². The highest BCUT2D eigenvalue weighted by molar-refractivity contribution is 5.68. The fraction of sp³-hybridized carbons (Fsp3) is 0.167. The Hall–Kier alpha value is -3.62. The lowest BCUT2D eigenvalue weighted by Gasteiger charge is -2.11. The number of anilines is 3. The van der Waals surface area contributed by atoms with Gasteiger partial charge < -0.3 is 10.6 Å². The van der Waals surface area contributed by atoms with Crippen molar-refractivity contribution in [1.82, 2.24) is 15.0 Å². The van der Waals surface area contributed by atoms with E-state index in [0.717, 1.165) is 30.5 Å². The number of hydrogen-bond acceptors (Lipinski definition) is 7. The summed E-state index contributed by atoms with van der Waals surface area (Å²) in [5.74, 6) is 0.0218. The number of pyridine rings is 1. The fourth-order valence-corrected chi connectivity index (χ4v) is 2.53. The first-order valence-electron chi connectivity index (χ1n) is 8.35. The Morgan fingerprint density at radius 3 is 2.59 bits per heavy atom. The van der Waals surface area contributed by atoms with Gasteiger partial charge in [0.15, 0.2) is 0 Å². The largest absolute Gasteiger partial charge is 0.351 e. The van der Waals surface area contributed by atoms with Crippen molar-refractivity contribution in [2.24, 2.45) is 0 Å². The molecule has 0 spiro atoms. The standard InChI is InChI=1S/C18H15FN6O2/c19-14-4-3-13(9-16(14)25(26)27)21-17-10-15(11-5-7-20-8-6-11)23-18(24-17)22-12-1-2-12/h3-10,12H,1-2H2,(H2,21,22,23,24). The van der Waals surface area contributed by atoms with E-state index in [4.69, 9.17) is 0 Å². The monoisotopic (exact) mass is 366 g/mol. The molecule has 0 radical (unpaired) electrons. The summed E-state index contributed by atoms with van der Waals surface area (Å²) in [4.78, 5) is 23.1. The van der Waals surface area contributed by atoms with Crippen molar-refractivity contribution in [2.45, 2.75) is 18.9 Å².